The predicted octanol–water partition coefficient (Wildman–Crippen LogP) is 7.33. The van der Waals surface area contributed by atoms with E-state index in [9.17, 15) is 31.1 Å². The lowest BCUT2D eigenvalue weighted by Gasteiger charge is -2.18. The topological polar surface area (TPSA) is 35.5 Å². The van der Waals surface area contributed by atoms with Crippen molar-refractivity contribution in [2.75, 3.05) is 0 Å². The van der Waals surface area contributed by atoms with Gasteiger partial charge in [-0.15, -0.1) is 13.2 Å². The summed E-state index contributed by atoms with van der Waals surface area (Å²) >= 11 is 0. The van der Waals surface area contributed by atoms with Gasteiger partial charge in [-0.2, -0.15) is 8.78 Å². The fraction of sp³-hybridized carbons (Fsp3) is 0.125. The Morgan fingerprint density at radius 1 is 0.879 bits per heavy atom. The van der Waals surface area contributed by atoms with Crippen molar-refractivity contribution in [3.8, 4) is 16.9 Å². The highest BCUT2D eigenvalue weighted by Gasteiger charge is 2.46. The average Bonchev–Trinajstić information content (AvgIpc) is 2.73. The first-order valence-corrected chi connectivity index (χ1v) is 9.48. The lowest BCUT2D eigenvalue weighted by Crippen LogP contribution is -2.27. The van der Waals surface area contributed by atoms with Gasteiger partial charge in [0.05, 0.1) is 11.1 Å². The molecule has 33 heavy (non-hydrogen) atoms. The molecule has 0 radical (unpaired) electrons. The summed E-state index contributed by atoms with van der Waals surface area (Å²) in [5.41, 5.74) is 0.187. The van der Waals surface area contributed by atoms with E-state index < -0.39 is 29.8 Å². The van der Waals surface area contributed by atoms with E-state index in [4.69, 9.17) is 4.74 Å². The molecule has 0 saturated carbocycles. The number of hydrogen-bond acceptors (Lipinski definition) is 3. The second kappa shape index (κ2) is 9.50. The molecule has 172 valence electrons. The van der Waals surface area contributed by atoms with E-state index in [2.05, 4.69) is 4.74 Å². The van der Waals surface area contributed by atoms with Crippen LogP contribution >= 0.6 is 0 Å². The number of esters is 1. The van der Waals surface area contributed by atoms with Crippen LogP contribution in [0.15, 0.2) is 72.8 Å². The molecule has 0 aliphatic rings. The molecule has 0 fully saturated rings. The van der Waals surface area contributed by atoms with Crippen LogP contribution in [0.4, 0.5) is 26.3 Å². The Kier molecular flexibility index (Phi) is 6.92. The molecular weight excluding hydrogens is 450 g/mol. The molecule has 0 aromatic heterocycles. The number of carbonyl (C=O) groups is 1. The summed E-state index contributed by atoms with van der Waals surface area (Å²) in [4.78, 5) is 12.3. The van der Waals surface area contributed by atoms with Crippen molar-refractivity contribution in [1.29, 1.82) is 0 Å². The number of benzene rings is 3. The first kappa shape index (κ1) is 24.1. The van der Waals surface area contributed by atoms with Gasteiger partial charge in [-0.1, -0.05) is 36.4 Å². The Morgan fingerprint density at radius 2 is 1.52 bits per heavy atom. The first-order chi connectivity index (χ1) is 15.5. The first-order valence-electron chi connectivity index (χ1n) is 9.48. The van der Waals surface area contributed by atoms with Gasteiger partial charge in [-0.3, -0.25) is 0 Å². The van der Waals surface area contributed by atoms with Crippen LogP contribution in [-0.2, 0) is 10.8 Å². The van der Waals surface area contributed by atoms with Gasteiger partial charge in [-0.05, 0) is 54.4 Å². The van der Waals surface area contributed by atoms with Gasteiger partial charge in [0.2, 0.25) is 0 Å². The standard InChI is InChI=1S/C24H16F6O3/c1-2-3-15-4-6-17(7-5-15)22(31)32-19-12-13-20(21(25)14-19)16-8-10-18(11-9-16)23(26,27)33-24(28,29)30/h2-14H,1H3. The molecular formula is C24H16F6O3. The van der Waals surface area contributed by atoms with Gasteiger partial charge in [0, 0.05) is 11.6 Å². The molecule has 0 bridgehead atoms. The Bertz CT molecular complexity index is 1150. The quantitative estimate of drug-likeness (QED) is 0.217. The van der Waals surface area contributed by atoms with Gasteiger partial charge in [0.25, 0.3) is 0 Å². The normalized spacial score (nSPS) is 12.2. The van der Waals surface area contributed by atoms with E-state index in [1.54, 1.807) is 24.3 Å². The largest absolute Gasteiger partial charge is 0.527 e. The fourth-order valence-electron chi connectivity index (χ4n) is 2.93. The molecule has 0 unspecified atom stereocenters. The van der Waals surface area contributed by atoms with E-state index in [1.807, 2.05) is 19.1 Å². The van der Waals surface area contributed by atoms with Crippen LogP contribution in [0, 0.1) is 5.82 Å². The minimum absolute atomic E-state index is 0.0305. The highest BCUT2D eigenvalue weighted by Crippen LogP contribution is 2.37. The smallest absolute Gasteiger partial charge is 0.423 e. The van der Waals surface area contributed by atoms with Crippen LogP contribution in [0.1, 0.15) is 28.4 Å². The molecule has 0 N–H and O–H groups in total. The van der Waals surface area contributed by atoms with Gasteiger partial charge >= 0.3 is 18.4 Å². The fourth-order valence-corrected chi connectivity index (χ4v) is 2.93. The number of carbonyl (C=O) groups excluding carboxylic acids is 1. The Labute approximate surface area is 184 Å². The number of hydrogen-bond donors (Lipinski definition) is 0. The maximum Gasteiger partial charge on any atom is 0.527 e. The van der Waals surface area contributed by atoms with E-state index in [0.717, 1.165) is 23.8 Å². The number of halogens is 6. The molecule has 0 amide bonds. The van der Waals surface area contributed by atoms with Gasteiger partial charge in [-0.25, -0.2) is 13.9 Å². The SMILES string of the molecule is CC=Cc1ccc(C(=O)Oc2ccc(-c3ccc(C(F)(F)OC(F)(F)F)cc3)c(F)c2)cc1. The number of rotatable bonds is 6. The zero-order valence-electron chi connectivity index (χ0n) is 17.0. The highest BCUT2D eigenvalue weighted by molar-refractivity contribution is 5.91. The van der Waals surface area contributed by atoms with Crippen molar-refractivity contribution in [3.63, 3.8) is 0 Å². The zero-order chi connectivity index (χ0) is 24.2. The van der Waals surface area contributed by atoms with Crippen LogP contribution in [0.25, 0.3) is 17.2 Å². The molecule has 0 saturated heterocycles. The summed E-state index contributed by atoms with van der Waals surface area (Å²) < 4.78 is 86.1. The molecule has 0 aliphatic carbocycles. The molecule has 9 heteroatoms. The van der Waals surface area contributed by atoms with Crippen molar-refractivity contribution in [1.82, 2.24) is 0 Å². The van der Waals surface area contributed by atoms with Crippen LogP contribution in [-0.4, -0.2) is 12.3 Å². The van der Waals surface area contributed by atoms with E-state index in [-0.39, 0.29) is 22.4 Å². The lowest BCUT2D eigenvalue weighted by atomic mass is 10.0. The average molecular weight is 466 g/mol. The van der Waals surface area contributed by atoms with Gasteiger partial charge < -0.3 is 4.74 Å². The lowest BCUT2D eigenvalue weighted by molar-refractivity contribution is -0.431. The van der Waals surface area contributed by atoms with Crippen molar-refractivity contribution >= 4 is 12.0 Å². The van der Waals surface area contributed by atoms with Crippen molar-refractivity contribution in [2.45, 2.75) is 19.4 Å². The Hall–Kier alpha value is -3.59. The number of ether oxygens (including phenoxy) is 2. The summed E-state index contributed by atoms with van der Waals surface area (Å²) in [5, 5.41) is 0. The van der Waals surface area contributed by atoms with Gasteiger partial charge in [0.1, 0.15) is 11.6 Å². The third-order valence-electron chi connectivity index (χ3n) is 4.43. The summed E-state index contributed by atoms with van der Waals surface area (Å²) in [6, 6.07) is 13.5. The maximum atomic E-state index is 14.6. The van der Waals surface area contributed by atoms with Crippen LogP contribution in [0.3, 0.4) is 0 Å². The summed E-state index contributed by atoms with van der Waals surface area (Å²) in [6.07, 6.45) is -6.44. The number of alkyl halides is 5. The molecule has 3 aromatic rings. The molecule has 3 rings (SSSR count). The minimum atomic E-state index is -5.53. The van der Waals surface area contributed by atoms with Crippen LogP contribution in [0.5, 0.6) is 5.75 Å². The monoisotopic (exact) mass is 466 g/mol. The molecule has 0 heterocycles. The maximum absolute atomic E-state index is 14.6. The number of allylic oxidation sites excluding steroid dienone is 1. The van der Waals surface area contributed by atoms with E-state index in [1.165, 1.54) is 12.1 Å². The van der Waals surface area contributed by atoms with Crippen LogP contribution in [0.2, 0.25) is 0 Å². The van der Waals surface area contributed by atoms with E-state index >= 15 is 0 Å². The van der Waals surface area contributed by atoms with Gasteiger partial charge in [0.15, 0.2) is 0 Å². The second-order valence-corrected chi connectivity index (χ2v) is 6.80. The molecule has 0 aliphatic heterocycles. The summed E-state index contributed by atoms with van der Waals surface area (Å²) in [6.45, 7) is 1.85. The summed E-state index contributed by atoms with van der Waals surface area (Å²) in [5.74, 6) is -1.61. The molecule has 3 aromatic carbocycles. The molecule has 0 atom stereocenters. The zero-order valence-corrected chi connectivity index (χ0v) is 17.0. The molecule has 3 nitrogen and oxygen atoms in total. The molecule has 0 spiro atoms. The van der Waals surface area contributed by atoms with Crippen LogP contribution < -0.4 is 4.74 Å². The van der Waals surface area contributed by atoms with E-state index in [0.29, 0.717) is 12.1 Å². The second-order valence-electron chi connectivity index (χ2n) is 6.80. The predicted molar refractivity (Wildman–Crippen MR) is 109 cm³/mol. The van der Waals surface area contributed by atoms with Crippen molar-refractivity contribution < 1.29 is 40.6 Å². The van der Waals surface area contributed by atoms with Crippen molar-refractivity contribution in [2.24, 2.45) is 0 Å². The third kappa shape index (κ3) is 6.23. The Balaban J connectivity index is 1.74. The third-order valence-corrected chi connectivity index (χ3v) is 4.43. The Morgan fingerprint density at radius 3 is 2.06 bits per heavy atom. The summed E-state index contributed by atoms with van der Waals surface area (Å²) in [7, 11) is 0. The highest BCUT2D eigenvalue weighted by atomic mass is 19.4. The van der Waals surface area contributed by atoms with Crippen molar-refractivity contribution in [3.05, 3.63) is 95.3 Å². The minimum Gasteiger partial charge on any atom is -0.423 e.